The fraction of sp³-hybridized carbons (Fsp3) is 0.429. The molecule has 0 saturated carbocycles. The summed E-state index contributed by atoms with van der Waals surface area (Å²) in [6, 6.07) is 11.4. The second-order valence-corrected chi connectivity index (χ2v) is 8.47. The zero-order chi connectivity index (χ0) is 26.9. The fourth-order valence-electron chi connectivity index (χ4n) is 3.46. The minimum Gasteiger partial charge on any atom is -0.497 e. The van der Waals surface area contributed by atoms with Crippen molar-refractivity contribution in [2.75, 3.05) is 20.8 Å². The predicted octanol–water partition coefficient (Wildman–Crippen LogP) is 4.63. The van der Waals surface area contributed by atoms with Gasteiger partial charge >= 0.3 is 5.97 Å². The lowest BCUT2D eigenvalue weighted by Gasteiger charge is -2.10. The molecule has 0 aliphatic carbocycles. The quantitative estimate of drug-likeness (QED) is 0.112. The van der Waals surface area contributed by atoms with Crippen molar-refractivity contribution in [2.45, 2.75) is 58.3 Å². The van der Waals surface area contributed by atoms with Gasteiger partial charge in [0.15, 0.2) is 11.5 Å². The van der Waals surface area contributed by atoms with Crippen LogP contribution in [0.3, 0.4) is 0 Å². The molecule has 2 N–H and O–H groups in total. The first-order chi connectivity index (χ1) is 18.0. The predicted molar refractivity (Wildman–Crippen MR) is 142 cm³/mol. The molecule has 37 heavy (non-hydrogen) atoms. The van der Waals surface area contributed by atoms with Crippen LogP contribution in [-0.4, -0.2) is 44.8 Å². The van der Waals surface area contributed by atoms with E-state index in [1.807, 2.05) is 0 Å². The number of nitrogens with zero attached hydrogens (tertiary/aromatic N) is 1. The number of hydrogen-bond donors (Lipinski definition) is 2. The number of benzene rings is 2. The molecule has 9 nitrogen and oxygen atoms in total. The van der Waals surface area contributed by atoms with E-state index in [4.69, 9.17) is 14.2 Å². The third kappa shape index (κ3) is 11.2. The monoisotopic (exact) mass is 511 g/mol. The van der Waals surface area contributed by atoms with Gasteiger partial charge in [-0.2, -0.15) is 5.10 Å². The van der Waals surface area contributed by atoms with E-state index < -0.39 is 11.9 Å². The van der Waals surface area contributed by atoms with Crippen molar-refractivity contribution in [3.05, 3.63) is 53.6 Å². The summed E-state index contributed by atoms with van der Waals surface area (Å²) in [5.74, 6) is 0.0979. The van der Waals surface area contributed by atoms with Crippen molar-refractivity contribution < 1.29 is 28.6 Å². The molecular formula is C28H37N3O6. The molecule has 9 heteroatoms. The van der Waals surface area contributed by atoms with Gasteiger partial charge in [0.05, 0.1) is 32.5 Å². The Morgan fingerprint density at radius 1 is 0.838 bits per heavy atom. The van der Waals surface area contributed by atoms with E-state index >= 15 is 0 Å². The van der Waals surface area contributed by atoms with Crippen molar-refractivity contribution >= 4 is 24.0 Å². The minimum atomic E-state index is -0.538. The molecular weight excluding hydrogens is 474 g/mol. The lowest BCUT2D eigenvalue weighted by Crippen LogP contribution is -2.34. The maximum absolute atomic E-state index is 12.4. The molecule has 0 saturated heterocycles. The van der Waals surface area contributed by atoms with Gasteiger partial charge < -0.3 is 19.5 Å². The van der Waals surface area contributed by atoms with Gasteiger partial charge in [-0.3, -0.25) is 9.59 Å². The van der Waals surface area contributed by atoms with Crippen molar-refractivity contribution in [3.63, 3.8) is 0 Å². The molecule has 0 unspecified atom stereocenters. The van der Waals surface area contributed by atoms with Crippen molar-refractivity contribution in [2.24, 2.45) is 5.10 Å². The number of unbranched alkanes of at least 4 members (excludes halogenated alkanes) is 6. The summed E-state index contributed by atoms with van der Waals surface area (Å²) in [5.41, 5.74) is 3.36. The van der Waals surface area contributed by atoms with Crippen LogP contribution >= 0.6 is 0 Å². The summed E-state index contributed by atoms with van der Waals surface area (Å²) in [6.45, 7) is 2.04. The normalized spacial score (nSPS) is 10.7. The second-order valence-electron chi connectivity index (χ2n) is 8.47. The number of hydrogen-bond acceptors (Lipinski definition) is 7. The molecule has 0 radical (unpaired) electrons. The number of methoxy groups -OCH3 is 2. The minimum absolute atomic E-state index is 0.141. The molecule has 0 fully saturated rings. The maximum Gasteiger partial charge on any atom is 0.343 e. The van der Waals surface area contributed by atoms with Gasteiger partial charge in [-0.05, 0) is 54.4 Å². The van der Waals surface area contributed by atoms with Gasteiger partial charge in [-0.25, -0.2) is 10.2 Å². The first-order valence-corrected chi connectivity index (χ1v) is 12.6. The Bertz CT molecular complexity index is 1040. The average Bonchev–Trinajstić information content (AvgIpc) is 2.92. The summed E-state index contributed by atoms with van der Waals surface area (Å²) in [7, 11) is 3.00. The Morgan fingerprint density at radius 3 is 2.22 bits per heavy atom. The van der Waals surface area contributed by atoms with Crippen LogP contribution in [0.4, 0.5) is 0 Å². The van der Waals surface area contributed by atoms with E-state index in [-0.39, 0.29) is 18.2 Å². The van der Waals surface area contributed by atoms with E-state index in [0.717, 1.165) is 19.3 Å². The highest BCUT2D eigenvalue weighted by atomic mass is 16.6. The van der Waals surface area contributed by atoms with Crippen molar-refractivity contribution in [1.29, 1.82) is 0 Å². The Hall–Kier alpha value is -3.88. The molecule has 0 heterocycles. The van der Waals surface area contributed by atoms with Gasteiger partial charge in [-0.15, -0.1) is 0 Å². The van der Waals surface area contributed by atoms with Crippen LogP contribution in [0.2, 0.25) is 0 Å². The SMILES string of the molecule is CCCCCCCCCC(=O)NCC(=O)N/N=C/c1ccc(OC(=O)c2ccc(OC)cc2)c(OC)c1. The zero-order valence-electron chi connectivity index (χ0n) is 21.9. The van der Waals surface area contributed by atoms with Crippen LogP contribution in [0, 0.1) is 0 Å². The van der Waals surface area contributed by atoms with Gasteiger partial charge in [0.1, 0.15) is 5.75 Å². The largest absolute Gasteiger partial charge is 0.497 e. The summed E-state index contributed by atoms with van der Waals surface area (Å²) in [6.07, 6.45) is 9.77. The highest BCUT2D eigenvalue weighted by molar-refractivity contribution is 5.92. The number of hydrazone groups is 1. The van der Waals surface area contributed by atoms with Crippen LogP contribution in [0.15, 0.2) is 47.6 Å². The fourth-order valence-corrected chi connectivity index (χ4v) is 3.46. The van der Waals surface area contributed by atoms with Crippen molar-refractivity contribution in [1.82, 2.24) is 10.7 Å². The first kappa shape index (κ1) is 29.4. The molecule has 200 valence electrons. The van der Waals surface area contributed by atoms with Crippen LogP contribution in [-0.2, 0) is 9.59 Å². The van der Waals surface area contributed by atoms with E-state index in [0.29, 0.717) is 29.0 Å². The van der Waals surface area contributed by atoms with E-state index in [1.165, 1.54) is 39.0 Å². The molecule has 0 spiro atoms. The topological polar surface area (TPSA) is 115 Å². The molecule has 2 rings (SSSR count). The average molecular weight is 512 g/mol. The molecule has 0 aliphatic rings. The molecule has 0 atom stereocenters. The van der Waals surface area contributed by atoms with E-state index in [1.54, 1.807) is 49.6 Å². The van der Waals surface area contributed by atoms with Gasteiger partial charge in [0.25, 0.3) is 5.91 Å². The maximum atomic E-state index is 12.4. The third-order valence-corrected chi connectivity index (χ3v) is 5.57. The molecule has 2 amide bonds. The Kier molecular flexibility index (Phi) is 13.3. The highest BCUT2D eigenvalue weighted by Crippen LogP contribution is 2.28. The summed E-state index contributed by atoms with van der Waals surface area (Å²) in [4.78, 5) is 36.3. The molecule has 0 aromatic heterocycles. The van der Waals surface area contributed by atoms with E-state index in [9.17, 15) is 14.4 Å². The number of amides is 2. The van der Waals surface area contributed by atoms with Crippen LogP contribution in [0.25, 0.3) is 0 Å². The summed E-state index contributed by atoms with van der Waals surface area (Å²) < 4.78 is 15.9. The van der Waals surface area contributed by atoms with Crippen LogP contribution in [0.5, 0.6) is 17.2 Å². The van der Waals surface area contributed by atoms with Gasteiger partial charge in [0, 0.05) is 6.42 Å². The van der Waals surface area contributed by atoms with Crippen molar-refractivity contribution in [3.8, 4) is 17.2 Å². The highest BCUT2D eigenvalue weighted by Gasteiger charge is 2.13. The molecule has 2 aromatic rings. The Labute approximate surface area is 218 Å². The number of esters is 1. The third-order valence-electron chi connectivity index (χ3n) is 5.57. The van der Waals surface area contributed by atoms with Crippen LogP contribution < -0.4 is 25.0 Å². The lowest BCUT2D eigenvalue weighted by atomic mass is 10.1. The smallest absolute Gasteiger partial charge is 0.343 e. The van der Waals surface area contributed by atoms with Crippen LogP contribution in [0.1, 0.15) is 74.2 Å². The second kappa shape index (κ2) is 16.7. The Balaban J connectivity index is 1.75. The van der Waals surface area contributed by atoms with Gasteiger partial charge in [0.2, 0.25) is 5.91 Å². The van der Waals surface area contributed by atoms with E-state index in [2.05, 4.69) is 22.8 Å². The number of carbonyl (C=O) groups is 3. The number of rotatable bonds is 16. The van der Waals surface area contributed by atoms with Gasteiger partial charge in [-0.1, -0.05) is 45.4 Å². The summed E-state index contributed by atoms with van der Waals surface area (Å²) >= 11 is 0. The number of nitrogens with one attached hydrogen (secondary N) is 2. The number of carbonyl (C=O) groups excluding carboxylic acids is 3. The number of ether oxygens (including phenoxy) is 3. The molecule has 0 bridgehead atoms. The standard InChI is InChI=1S/C28H37N3O6/c1-4-5-6-7-8-9-10-11-26(32)29-20-27(33)31-30-19-21-12-17-24(25(18-21)36-3)37-28(34)22-13-15-23(35-2)16-14-22/h12-19H,4-11,20H2,1-3H3,(H,29,32)(H,31,33)/b30-19+. The Morgan fingerprint density at radius 2 is 1.54 bits per heavy atom. The summed E-state index contributed by atoms with van der Waals surface area (Å²) in [5, 5.41) is 6.52. The molecule has 2 aromatic carbocycles. The zero-order valence-corrected chi connectivity index (χ0v) is 21.9. The first-order valence-electron chi connectivity index (χ1n) is 12.6. The molecule has 0 aliphatic heterocycles. The lowest BCUT2D eigenvalue weighted by molar-refractivity contribution is -0.126.